The number of nitrogens with zero attached hydrogens (tertiary/aromatic N) is 2. The molecule has 0 spiro atoms. The van der Waals surface area contributed by atoms with Gasteiger partial charge in [-0.25, -0.2) is 0 Å². The number of rotatable bonds is 0. The standard InChI is InChI=1S/C3H9N.F3N/c2*1-4(2)3/h1-3H3;. The van der Waals surface area contributed by atoms with Gasteiger partial charge in [-0.2, -0.15) is 0 Å². The molecule has 0 rings (SSSR count). The average Bonchev–Trinajstić information content (AvgIpc) is 1.25. The molecule has 0 fully saturated rings. The average molecular weight is 130 g/mol. The highest BCUT2D eigenvalue weighted by atomic mass is 19.5. The highest BCUT2D eigenvalue weighted by Crippen LogP contribution is 1.82. The van der Waals surface area contributed by atoms with Crippen molar-refractivity contribution in [3.63, 3.8) is 0 Å². The Balaban J connectivity index is 0. The molecule has 52 valence electrons. The zero-order chi connectivity index (χ0) is 7.15. The molecule has 0 heterocycles. The summed E-state index contributed by atoms with van der Waals surface area (Å²) in [5, 5.41) is 0. The maximum atomic E-state index is 9.50. The van der Waals surface area contributed by atoms with E-state index in [1.54, 1.807) is 0 Å². The van der Waals surface area contributed by atoms with Gasteiger partial charge in [-0.3, -0.25) is 0 Å². The van der Waals surface area contributed by atoms with Gasteiger partial charge in [0.05, 0.1) is 0 Å². The molecule has 0 bridgehead atoms. The third-order valence-electron chi connectivity index (χ3n) is 0. The van der Waals surface area contributed by atoms with Gasteiger partial charge in [-0.15, -0.1) is 0 Å². The Morgan fingerprint density at radius 3 is 0.875 bits per heavy atom. The van der Waals surface area contributed by atoms with Gasteiger partial charge in [0.25, 0.3) is 0 Å². The van der Waals surface area contributed by atoms with Gasteiger partial charge in [0.1, 0.15) is 0 Å². The van der Waals surface area contributed by atoms with Gasteiger partial charge in [0.15, 0.2) is 5.57 Å². The lowest BCUT2D eigenvalue weighted by Gasteiger charge is -1.90. The van der Waals surface area contributed by atoms with E-state index < -0.39 is 5.57 Å². The zero-order valence-electron chi connectivity index (χ0n) is 5.03. The summed E-state index contributed by atoms with van der Waals surface area (Å²) in [6.07, 6.45) is 0. The highest BCUT2D eigenvalue weighted by molar-refractivity contribution is 4.09. The zero-order valence-corrected chi connectivity index (χ0v) is 5.03. The summed E-state index contributed by atoms with van der Waals surface area (Å²) < 4.78 is 28.5. The first-order valence-corrected chi connectivity index (χ1v) is 1.85. The van der Waals surface area contributed by atoms with Crippen molar-refractivity contribution < 1.29 is 13.4 Å². The van der Waals surface area contributed by atoms with E-state index in [0.717, 1.165) is 0 Å². The summed E-state index contributed by atoms with van der Waals surface area (Å²) >= 11 is 0. The summed E-state index contributed by atoms with van der Waals surface area (Å²) in [6, 6.07) is 0. The van der Waals surface area contributed by atoms with Crippen molar-refractivity contribution in [2.24, 2.45) is 0 Å². The second-order valence-corrected chi connectivity index (χ2v) is 1.53. The predicted octanol–water partition coefficient (Wildman–Crippen LogP) is 1.12. The molecule has 2 nitrogen and oxygen atoms in total. The topological polar surface area (TPSA) is 6.48 Å². The minimum absolute atomic E-state index is 2.00. The van der Waals surface area contributed by atoms with Gasteiger partial charge in [-0.1, -0.05) is 13.4 Å². The van der Waals surface area contributed by atoms with E-state index in [9.17, 15) is 13.4 Å². The van der Waals surface area contributed by atoms with Gasteiger partial charge in [0.2, 0.25) is 0 Å². The number of hydrogen-bond acceptors (Lipinski definition) is 2. The van der Waals surface area contributed by atoms with Crippen molar-refractivity contribution >= 4 is 0 Å². The van der Waals surface area contributed by atoms with Crippen LogP contribution in [0.2, 0.25) is 0 Å². The van der Waals surface area contributed by atoms with E-state index >= 15 is 0 Å². The van der Waals surface area contributed by atoms with Gasteiger partial charge in [0, 0.05) is 0 Å². The Kier molecular flexibility index (Phi) is 8.93. The van der Waals surface area contributed by atoms with Gasteiger partial charge >= 0.3 is 0 Å². The molecule has 0 radical (unpaired) electrons. The lowest BCUT2D eigenvalue weighted by molar-refractivity contribution is -0.295. The van der Waals surface area contributed by atoms with Gasteiger partial charge in [-0.05, 0) is 21.1 Å². The Morgan fingerprint density at radius 2 is 0.875 bits per heavy atom. The summed E-state index contributed by atoms with van der Waals surface area (Å²) in [5.41, 5.74) is -2.50. The minimum atomic E-state index is -2.50. The van der Waals surface area contributed by atoms with E-state index in [2.05, 4.69) is 0 Å². The van der Waals surface area contributed by atoms with Crippen molar-refractivity contribution in [3.8, 4) is 0 Å². The van der Waals surface area contributed by atoms with Crippen LogP contribution in [-0.2, 0) is 0 Å². The second-order valence-electron chi connectivity index (χ2n) is 1.53. The first-order valence-electron chi connectivity index (χ1n) is 1.85. The third kappa shape index (κ3) is 1510. The maximum absolute atomic E-state index is 9.50. The molecule has 5 heteroatoms. The smallest absolute Gasteiger partial charge is 0.199 e. The van der Waals surface area contributed by atoms with E-state index in [1.807, 2.05) is 26.0 Å². The highest BCUT2D eigenvalue weighted by Gasteiger charge is 1.80. The molecule has 0 saturated heterocycles. The van der Waals surface area contributed by atoms with Crippen molar-refractivity contribution in [1.29, 1.82) is 0 Å². The fourth-order valence-electron chi connectivity index (χ4n) is 0. The molecule has 0 aliphatic heterocycles. The first-order chi connectivity index (χ1) is 3.46. The molecule has 0 aliphatic carbocycles. The van der Waals surface area contributed by atoms with Crippen LogP contribution in [-0.4, -0.2) is 31.6 Å². The van der Waals surface area contributed by atoms with Crippen molar-refractivity contribution in [2.75, 3.05) is 21.1 Å². The SMILES string of the molecule is CN(C)C.FN(F)F. The van der Waals surface area contributed by atoms with Crippen LogP contribution in [0.1, 0.15) is 0 Å². The molecular formula is C3H9F3N2. The maximum Gasteiger partial charge on any atom is 0.199 e. The van der Waals surface area contributed by atoms with Crippen LogP contribution in [0, 0.1) is 0 Å². The van der Waals surface area contributed by atoms with Crippen LogP contribution in [0.5, 0.6) is 0 Å². The van der Waals surface area contributed by atoms with E-state index in [4.69, 9.17) is 0 Å². The molecular weight excluding hydrogens is 121 g/mol. The minimum Gasteiger partial charge on any atom is -0.312 e. The molecule has 0 saturated carbocycles. The summed E-state index contributed by atoms with van der Waals surface area (Å²) in [6.45, 7) is 0. The molecule has 0 aromatic heterocycles. The second kappa shape index (κ2) is 6.71. The summed E-state index contributed by atoms with van der Waals surface area (Å²) in [5.74, 6) is 0. The number of halogens is 3. The van der Waals surface area contributed by atoms with Crippen LogP contribution in [0.3, 0.4) is 0 Å². The summed E-state index contributed by atoms with van der Waals surface area (Å²) in [7, 11) is 6.00. The van der Waals surface area contributed by atoms with Crippen LogP contribution in [0.25, 0.3) is 0 Å². The monoisotopic (exact) mass is 130 g/mol. The quantitative estimate of drug-likeness (QED) is 0.453. The van der Waals surface area contributed by atoms with Crippen molar-refractivity contribution in [2.45, 2.75) is 0 Å². The third-order valence-corrected chi connectivity index (χ3v) is 0. The number of hydrogen-bond donors (Lipinski definition) is 0. The Morgan fingerprint density at radius 1 is 0.875 bits per heavy atom. The Bertz CT molecular complexity index is 28.0. The normalized spacial score (nSPS) is 9.00. The lowest BCUT2D eigenvalue weighted by atomic mass is 11.0. The van der Waals surface area contributed by atoms with Crippen LogP contribution in [0.15, 0.2) is 0 Å². The van der Waals surface area contributed by atoms with Crippen molar-refractivity contribution in [1.82, 2.24) is 10.5 Å². The lowest BCUT2D eigenvalue weighted by Crippen LogP contribution is -1.99. The largest absolute Gasteiger partial charge is 0.312 e. The first kappa shape index (κ1) is 10.6. The van der Waals surface area contributed by atoms with E-state index in [-0.39, 0.29) is 0 Å². The Hall–Kier alpha value is -0.290. The summed E-state index contributed by atoms with van der Waals surface area (Å²) in [4.78, 5) is 2.00. The van der Waals surface area contributed by atoms with Gasteiger partial charge < -0.3 is 4.90 Å². The van der Waals surface area contributed by atoms with E-state index in [0.29, 0.717) is 0 Å². The molecule has 0 aromatic rings. The molecule has 0 unspecified atom stereocenters. The van der Waals surface area contributed by atoms with E-state index in [1.165, 1.54) is 0 Å². The van der Waals surface area contributed by atoms with Crippen LogP contribution in [0.4, 0.5) is 13.4 Å². The molecule has 0 aliphatic rings. The molecule has 8 heavy (non-hydrogen) atoms. The predicted molar refractivity (Wildman–Crippen MR) is 24.8 cm³/mol. The molecule has 0 atom stereocenters. The van der Waals surface area contributed by atoms with Crippen LogP contribution >= 0.6 is 0 Å². The van der Waals surface area contributed by atoms with Crippen LogP contribution < -0.4 is 0 Å². The van der Waals surface area contributed by atoms with Crippen molar-refractivity contribution in [3.05, 3.63) is 0 Å². The Labute approximate surface area is 46.3 Å². The molecule has 0 N–H and O–H groups in total. The fraction of sp³-hybridized carbons (Fsp3) is 1.00. The fourth-order valence-corrected chi connectivity index (χ4v) is 0. The molecule has 0 aromatic carbocycles. The molecule has 0 amide bonds.